The maximum Gasteiger partial charge on any atom is 0.120 e. The van der Waals surface area contributed by atoms with Gasteiger partial charge in [0.1, 0.15) is 12.4 Å². The fourth-order valence-corrected chi connectivity index (χ4v) is 1.30. The van der Waals surface area contributed by atoms with Gasteiger partial charge in [-0.25, -0.2) is 0 Å². The molecule has 0 unspecified atom stereocenters. The van der Waals surface area contributed by atoms with Gasteiger partial charge in [0, 0.05) is 8.96 Å². The predicted octanol–water partition coefficient (Wildman–Crippen LogP) is 4.04. The molecule has 0 saturated heterocycles. The van der Waals surface area contributed by atoms with Crippen LogP contribution in [0.25, 0.3) is 0 Å². The highest BCUT2D eigenvalue weighted by molar-refractivity contribution is 9.11. The van der Waals surface area contributed by atoms with Crippen molar-refractivity contribution in [1.82, 2.24) is 0 Å². The minimum absolute atomic E-state index is 0.496. The lowest BCUT2D eigenvalue weighted by molar-refractivity contribution is 0.360. The minimum Gasteiger partial charge on any atom is -0.488 e. The lowest BCUT2D eigenvalue weighted by Crippen LogP contribution is -1.95. The average molecular weight is 306 g/mol. The monoisotopic (exact) mass is 304 g/mol. The number of aryl methyl sites for hydroxylation is 1. The van der Waals surface area contributed by atoms with Crippen LogP contribution in [-0.4, -0.2) is 6.61 Å². The molecule has 0 N–H and O–H groups in total. The molecule has 1 nitrogen and oxygen atoms in total. The highest BCUT2D eigenvalue weighted by Gasteiger charge is 1.98. The zero-order valence-electron chi connectivity index (χ0n) is 7.31. The lowest BCUT2D eigenvalue weighted by atomic mass is 10.2. The van der Waals surface area contributed by atoms with Gasteiger partial charge in [0.15, 0.2) is 0 Å². The molecule has 0 fully saturated rings. The quantitative estimate of drug-likeness (QED) is 0.819. The van der Waals surface area contributed by atoms with E-state index in [0.717, 1.165) is 14.7 Å². The van der Waals surface area contributed by atoms with Crippen molar-refractivity contribution in [3.63, 3.8) is 0 Å². The van der Waals surface area contributed by atoms with Gasteiger partial charge in [-0.05, 0) is 24.6 Å². The molecule has 3 heteroatoms. The van der Waals surface area contributed by atoms with Crippen LogP contribution in [0.4, 0.5) is 0 Å². The second-order valence-corrected chi connectivity index (χ2v) is 4.69. The smallest absolute Gasteiger partial charge is 0.120 e. The molecule has 0 aliphatic rings. The van der Waals surface area contributed by atoms with Gasteiger partial charge in [-0.2, -0.15) is 0 Å². The van der Waals surface area contributed by atoms with Crippen molar-refractivity contribution >= 4 is 31.9 Å². The summed E-state index contributed by atoms with van der Waals surface area (Å²) in [6.45, 7) is 6.22. The molecule has 0 bridgehead atoms. The van der Waals surface area contributed by atoms with Crippen LogP contribution >= 0.6 is 31.9 Å². The van der Waals surface area contributed by atoms with E-state index in [1.807, 2.05) is 25.1 Å². The summed E-state index contributed by atoms with van der Waals surface area (Å²) in [7, 11) is 0. The van der Waals surface area contributed by atoms with E-state index in [0.29, 0.717) is 6.61 Å². The molecule has 13 heavy (non-hydrogen) atoms. The first-order chi connectivity index (χ1) is 6.09. The predicted molar refractivity (Wildman–Crippen MR) is 62.4 cm³/mol. The second-order valence-electron chi connectivity index (χ2n) is 2.72. The first kappa shape index (κ1) is 10.8. The third-order valence-electron chi connectivity index (χ3n) is 1.54. The number of ether oxygens (including phenoxy) is 1. The Balaban J connectivity index is 2.68. The Kier molecular flexibility index (Phi) is 4.00. The highest BCUT2D eigenvalue weighted by Crippen LogP contribution is 2.22. The second kappa shape index (κ2) is 4.82. The molecule has 0 spiro atoms. The third kappa shape index (κ3) is 3.53. The normalized spacial score (nSPS) is 9.77. The Labute approximate surface area is 95.1 Å². The SMILES string of the molecule is C=C(Br)COc1ccc(C)c(Br)c1. The van der Waals surface area contributed by atoms with Crippen molar-refractivity contribution in [2.24, 2.45) is 0 Å². The van der Waals surface area contributed by atoms with E-state index in [2.05, 4.69) is 38.4 Å². The summed E-state index contributed by atoms with van der Waals surface area (Å²) in [4.78, 5) is 0. The van der Waals surface area contributed by atoms with Crippen LogP contribution in [-0.2, 0) is 0 Å². The van der Waals surface area contributed by atoms with E-state index >= 15 is 0 Å². The van der Waals surface area contributed by atoms with Crippen LogP contribution in [0, 0.1) is 6.92 Å². The molecule has 1 rings (SSSR count). The topological polar surface area (TPSA) is 9.23 Å². The van der Waals surface area contributed by atoms with Gasteiger partial charge >= 0.3 is 0 Å². The van der Waals surface area contributed by atoms with Crippen LogP contribution in [0.1, 0.15) is 5.56 Å². The third-order valence-corrected chi connectivity index (χ3v) is 2.62. The van der Waals surface area contributed by atoms with Gasteiger partial charge in [-0.1, -0.05) is 44.5 Å². The van der Waals surface area contributed by atoms with Crippen LogP contribution in [0.5, 0.6) is 5.75 Å². The van der Waals surface area contributed by atoms with E-state index in [1.165, 1.54) is 5.56 Å². The molecular formula is C10H10Br2O. The standard InChI is InChI=1S/C10H10Br2O/c1-7-3-4-9(5-10(7)12)13-6-8(2)11/h3-5H,2,6H2,1H3. The molecule has 1 aromatic rings. The number of hydrogen-bond acceptors (Lipinski definition) is 1. The van der Waals surface area contributed by atoms with Gasteiger partial charge in [-0.3, -0.25) is 0 Å². The van der Waals surface area contributed by atoms with Crippen molar-refractivity contribution < 1.29 is 4.74 Å². The molecule has 0 aromatic heterocycles. The van der Waals surface area contributed by atoms with E-state index in [9.17, 15) is 0 Å². The number of benzene rings is 1. The van der Waals surface area contributed by atoms with Crippen molar-refractivity contribution in [3.05, 3.63) is 39.3 Å². The fraction of sp³-hybridized carbons (Fsp3) is 0.200. The number of hydrogen-bond donors (Lipinski definition) is 0. The van der Waals surface area contributed by atoms with Gasteiger partial charge in [0.05, 0.1) is 0 Å². The molecule has 0 heterocycles. The van der Waals surface area contributed by atoms with Crippen molar-refractivity contribution in [1.29, 1.82) is 0 Å². The Hall–Kier alpha value is -0.280. The summed E-state index contributed by atoms with van der Waals surface area (Å²) in [6, 6.07) is 5.90. The summed E-state index contributed by atoms with van der Waals surface area (Å²) in [5.41, 5.74) is 1.20. The largest absolute Gasteiger partial charge is 0.488 e. The lowest BCUT2D eigenvalue weighted by Gasteiger charge is -2.06. The zero-order valence-corrected chi connectivity index (χ0v) is 10.5. The molecule has 0 aliphatic carbocycles. The van der Waals surface area contributed by atoms with Crippen LogP contribution in [0.3, 0.4) is 0 Å². The summed E-state index contributed by atoms with van der Waals surface area (Å²) in [5, 5.41) is 0. The van der Waals surface area contributed by atoms with E-state index in [1.54, 1.807) is 0 Å². The maximum absolute atomic E-state index is 5.43. The van der Waals surface area contributed by atoms with E-state index < -0.39 is 0 Å². The zero-order chi connectivity index (χ0) is 9.84. The summed E-state index contributed by atoms with van der Waals surface area (Å²) < 4.78 is 7.32. The van der Waals surface area contributed by atoms with E-state index in [-0.39, 0.29) is 0 Å². The van der Waals surface area contributed by atoms with Crippen molar-refractivity contribution in [3.8, 4) is 5.75 Å². The van der Waals surface area contributed by atoms with Gasteiger partial charge < -0.3 is 4.74 Å². The fourth-order valence-electron chi connectivity index (χ4n) is 0.825. The molecule has 0 amide bonds. The van der Waals surface area contributed by atoms with Crippen LogP contribution in [0.15, 0.2) is 33.7 Å². The minimum atomic E-state index is 0.496. The Morgan fingerprint density at radius 3 is 2.77 bits per heavy atom. The molecule has 0 saturated carbocycles. The van der Waals surface area contributed by atoms with Gasteiger partial charge in [0.25, 0.3) is 0 Å². The molecule has 0 aliphatic heterocycles. The number of halogens is 2. The highest BCUT2D eigenvalue weighted by atomic mass is 79.9. The summed E-state index contributed by atoms with van der Waals surface area (Å²) >= 11 is 6.67. The molecule has 70 valence electrons. The first-order valence-electron chi connectivity index (χ1n) is 3.82. The van der Waals surface area contributed by atoms with Crippen molar-refractivity contribution in [2.45, 2.75) is 6.92 Å². The van der Waals surface area contributed by atoms with Crippen molar-refractivity contribution in [2.75, 3.05) is 6.61 Å². The molecule has 0 atom stereocenters. The summed E-state index contributed by atoms with van der Waals surface area (Å²) in [5.74, 6) is 0.845. The van der Waals surface area contributed by atoms with E-state index in [4.69, 9.17) is 4.74 Å². The molecule has 1 aromatic carbocycles. The summed E-state index contributed by atoms with van der Waals surface area (Å²) in [6.07, 6.45) is 0. The first-order valence-corrected chi connectivity index (χ1v) is 5.40. The van der Waals surface area contributed by atoms with Crippen LogP contribution in [0.2, 0.25) is 0 Å². The molecule has 0 radical (unpaired) electrons. The number of rotatable bonds is 3. The maximum atomic E-state index is 5.43. The van der Waals surface area contributed by atoms with Gasteiger partial charge in [0.2, 0.25) is 0 Å². The Morgan fingerprint density at radius 1 is 1.54 bits per heavy atom. The average Bonchev–Trinajstić information content (AvgIpc) is 2.07. The molecular weight excluding hydrogens is 296 g/mol. The van der Waals surface area contributed by atoms with Crippen LogP contribution < -0.4 is 4.74 Å². The Morgan fingerprint density at radius 2 is 2.23 bits per heavy atom. The Bertz CT molecular complexity index is 321. The van der Waals surface area contributed by atoms with Gasteiger partial charge in [-0.15, -0.1) is 0 Å².